The molecule has 4 heteroatoms. The number of amides is 1. The fraction of sp³-hybridized carbons (Fsp3) is 0.588. The maximum atomic E-state index is 11.4. The molecule has 1 spiro atoms. The first-order valence-corrected chi connectivity index (χ1v) is 7.91. The lowest BCUT2D eigenvalue weighted by Crippen LogP contribution is -2.62. The first kappa shape index (κ1) is 14.4. The Morgan fingerprint density at radius 2 is 2.05 bits per heavy atom. The van der Waals surface area contributed by atoms with Gasteiger partial charge in [0.1, 0.15) is 6.61 Å². The van der Waals surface area contributed by atoms with Gasteiger partial charge in [0, 0.05) is 18.8 Å². The highest BCUT2D eigenvalue weighted by Crippen LogP contribution is 2.34. The number of anilines is 1. The number of ether oxygens (including phenoxy) is 1. The second-order valence-corrected chi connectivity index (χ2v) is 6.11. The SMILES string of the molecule is CCc1ccccc1N1CCC2(CC1)OCC(=O)NC2C. The third-order valence-corrected chi connectivity index (χ3v) is 4.98. The van der Waals surface area contributed by atoms with Crippen LogP contribution in [0.1, 0.15) is 32.3 Å². The summed E-state index contributed by atoms with van der Waals surface area (Å²) in [5.74, 6) is 0.00637. The molecule has 2 fully saturated rings. The Balaban J connectivity index is 1.72. The zero-order chi connectivity index (χ0) is 14.9. The number of carbonyl (C=O) groups excluding carboxylic acids is 1. The normalized spacial score (nSPS) is 25.0. The molecule has 2 aliphatic heterocycles. The Morgan fingerprint density at radius 3 is 2.71 bits per heavy atom. The predicted molar refractivity (Wildman–Crippen MR) is 83.6 cm³/mol. The number of hydrogen-bond acceptors (Lipinski definition) is 3. The Hall–Kier alpha value is -1.55. The van der Waals surface area contributed by atoms with Crippen LogP contribution in [0.2, 0.25) is 0 Å². The summed E-state index contributed by atoms with van der Waals surface area (Å²) in [7, 11) is 0. The number of nitrogens with one attached hydrogen (secondary N) is 1. The summed E-state index contributed by atoms with van der Waals surface area (Å²) in [6.07, 6.45) is 2.99. The van der Waals surface area contributed by atoms with Gasteiger partial charge < -0.3 is 15.0 Å². The summed E-state index contributed by atoms with van der Waals surface area (Å²) < 4.78 is 5.93. The molecule has 1 atom stereocenters. The van der Waals surface area contributed by atoms with Crippen molar-refractivity contribution >= 4 is 11.6 Å². The number of piperidine rings is 1. The van der Waals surface area contributed by atoms with Gasteiger partial charge in [0.05, 0.1) is 11.6 Å². The summed E-state index contributed by atoms with van der Waals surface area (Å²) in [5.41, 5.74) is 2.58. The lowest BCUT2D eigenvalue weighted by Gasteiger charge is -2.48. The number of carbonyl (C=O) groups is 1. The molecule has 0 radical (unpaired) electrons. The lowest BCUT2D eigenvalue weighted by molar-refractivity contribution is -0.154. The van der Waals surface area contributed by atoms with E-state index >= 15 is 0 Å². The van der Waals surface area contributed by atoms with Crippen molar-refractivity contribution < 1.29 is 9.53 Å². The zero-order valence-electron chi connectivity index (χ0n) is 12.9. The number of para-hydroxylation sites is 1. The molecule has 1 aromatic carbocycles. The van der Waals surface area contributed by atoms with Crippen molar-refractivity contribution in [3.05, 3.63) is 29.8 Å². The topological polar surface area (TPSA) is 41.6 Å². The summed E-state index contributed by atoms with van der Waals surface area (Å²) in [6.45, 7) is 6.43. The first-order valence-electron chi connectivity index (χ1n) is 7.91. The van der Waals surface area contributed by atoms with Crippen LogP contribution in [0.3, 0.4) is 0 Å². The van der Waals surface area contributed by atoms with Crippen molar-refractivity contribution in [3.63, 3.8) is 0 Å². The van der Waals surface area contributed by atoms with E-state index in [-0.39, 0.29) is 24.2 Å². The van der Waals surface area contributed by atoms with Gasteiger partial charge in [0.15, 0.2) is 0 Å². The second-order valence-electron chi connectivity index (χ2n) is 6.11. The van der Waals surface area contributed by atoms with E-state index in [9.17, 15) is 4.79 Å². The Bertz CT molecular complexity index is 521. The molecule has 0 aromatic heterocycles. The van der Waals surface area contributed by atoms with Crippen LogP contribution in [0.25, 0.3) is 0 Å². The van der Waals surface area contributed by atoms with E-state index in [0.29, 0.717) is 0 Å². The average molecular weight is 288 g/mol. The van der Waals surface area contributed by atoms with Crippen molar-refractivity contribution in [2.24, 2.45) is 0 Å². The lowest BCUT2D eigenvalue weighted by atomic mass is 9.83. The molecule has 0 aliphatic carbocycles. The average Bonchev–Trinajstić information content (AvgIpc) is 2.52. The van der Waals surface area contributed by atoms with Crippen molar-refractivity contribution in [2.45, 2.75) is 44.8 Å². The van der Waals surface area contributed by atoms with Gasteiger partial charge in [0.2, 0.25) is 5.91 Å². The van der Waals surface area contributed by atoms with Crippen LogP contribution >= 0.6 is 0 Å². The van der Waals surface area contributed by atoms with Gasteiger partial charge in [0.25, 0.3) is 0 Å². The van der Waals surface area contributed by atoms with Crippen molar-refractivity contribution in [2.75, 3.05) is 24.6 Å². The molecular weight excluding hydrogens is 264 g/mol. The minimum absolute atomic E-state index is 0.00637. The van der Waals surface area contributed by atoms with E-state index in [1.165, 1.54) is 11.3 Å². The van der Waals surface area contributed by atoms with Gasteiger partial charge in [-0.25, -0.2) is 0 Å². The van der Waals surface area contributed by atoms with Crippen molar-refractivity contribution in [3.8, 4) is 0 Å². The number of nitrogens with zero attached hydrogens (tertiary/aromatic N) is 1. The Labute approximate surface area is 126 Å². The van der Waals surface area contributed by atoms with Gasteiger partial charge in [-0.2, -0.15) is 0 Å². The van der Waals surface area contributed by atoms with E-state index in [1.807, 2.05) is 0 Å². The quantitative estimate of drug-likeness (QED) is 0.906. The minimum Gasteiger partial charge on any atom is -0.371 e. The molecule has 3 rings (SSSR count). The highest BCUT2D eigenvalue weighted by atomic mass is 16.5. The maximum absolute atomic E-state index is 11.4. The molecule has 0 saturated carbocycles. The number of morpholine rings is 1. The zero-order valence-corrected chi connectivity index (χ0v) is 12.9. The maximum Gasteiger partial charge on any atom is 0.246 e. The molecule has 2 saturated heterocycles. The van der Waals surface area contributed by atoms with Crippen LogP contribution in [-0.4, -0.2) is 37.2 Å². The van der Waals surface area contributed by atoms with Gasteiger partial charge in [-0.3, -0.25) is 4.79 Å². The molecule has 1 amide bonds. The highest BCUT2D eigenvalue weighted by Gasteiger charge is 2.44. The van der Waals surface area contributed by atoms with Crippen LogP contribution in [0, 0.1) is 0 Å². The van der Waals surface area contributed by atoms with Crippen LogP contribution in [0.4, 0.5) is 5.69 Å². The summed E-state index contributed by atoms with van der Waals surface area (Å²) in [5, 5.41) is 3.03. The van der Waals surface area contributed by atoms with Crippen LogP contribution in [0.15, 0.2) is 24.3 Å². The number of rotatable bonds is 2. The fourth-order valence-electron chi connectivity index (χ4n) is 3.57. The van der Waals surface area contributed by atoms with E-state index < -0.39 is 0 Å². The van der Waals surface area contributed by atoms with E-state index in [1.54, 1.807) is 0 Å². The molecule has 0 bridgehead atoms. The van der Waals surface area contributed by atoms with E-state index in [2.05, 4.69) is 48.3 Å². The molecule has 1 unspecified atom stereocenters. The first-order chi connectivity index (χ1) is 10.1. The fourth-order valence-corrected chi connectivity index (χ4v) is 3.57. The van der Waals surface area contributed by atoms with Crippen LogP contribution < -0.4 is 10.2 Å². The van der Waals surface area contributed by atoms with Gasteiger partial charge in [-0.15, -0.1) is 0 Å². The molecule has 114 valence electrons. The smallest absolute Gasteiger partial charge is 0.246 e. The van der Waals surface area contributed by atoms with Crippen LogP contribution in [-0.2, 0) is 16.0 Å². The van der Waals surface area contributed by atoms with Gasteiger partial charge >= 0.3 is 0 Å². The van der Waals surface area contributed by atoms with Gasteiger partial charge in [-0.1, -0.05) is 25.1 Å². The summed E-state index contributed by atoms with van der Waals surface area (Å²) in [4.78, 5) is 13.9. The highest BCUT2D eigenvalue weighted by molar-refractivity contribution is 5.78. The third kappa shape index (κ3) is 2.64. The van der Waals surface area contributed by atoms with Crippen molar-refractivity contribution in [1.82, 2.24) is 5.32 Å². The number of aryl methyl sites for hydroxylation is 1. The Morgan fingerprint density at radius 1 is 1.33 bits per heavy atom. The molecule has 21 heavy (non-hydrogen) atoms. The van der Waals surface area contributed by atoms with Gasteiger partial charge in [-0.05, 0) is 37.8 Å². The Kier molecular flexibility index (Phi) is 3.89. The minimum atomic E-state index is -0.175. The molecule has 2 aliphatic rings. The molecule has 2 heterocycles. The second kappa shape index (κ2) is 5.68. The summed E-state index contributed by atoms with van der Waals surface area (Å²) >= 11 is 0. The van der Waals surface area contributed by atoms with Crippen molar-refractivity contribution in [1.29, 1.82) is 0 Å². The molecule has 1 aromatic rings. The largest absolute Gasteiger partial charge is 0.371 e. The van der Waals surface area contributed by atoms with Crippen LogP contribution in [0.5, 0.6) is 0 Å². The molecule has 4 nitrogen and oxygen atoms in total. The number of benzene rings is 1. The standard InChI is InChI=1S/C17H24N2O2/c1-3-14-6-4-5-7-15(14)19-10-8-17(9-11-19)13(2)18-16(20)12-21-17/h4-7,13H,3,8-12H2,1-2H3,(H,18,20). The number of hydrogen-bond donors (Lipinski definition) is 1. The molecule has 1 N–H and O–H groups in total. The third-order valence-electron chi connectivity index (χ3n) is 4.98. The monoisotopic (exact) mass is 288 g/mol. The summed E-state index contributed by atoms with van der Waals surface area (Å²) in [6, 6.07) is 8.74. The van der Waals surface area contributed by atoms with E-state index in [4.69, 9.17) is 4.74 Å². The molecular formula is C17H24N2O2. The predicted octanol–water partition coefficient (Wildman–Crippen LogP) is 2.12. The van der Waals surface area contributed by atoms with E-state index in [0.717, 1.165) is 32.4 Å².